The largest absolute Gasteiger partial charge is 0.481 e. The van der Waals surface area contributed by atoms with Crippen molar-refractivity contribution in [3.8, 4) is 0 Å². The van der Waals surface area contributed by atoms with Crippen LogP contribution in [0.15, 0.2) is 23.4 Å². The van der Waals surface area contributed by atoms with Crippen molar-refractivity contribution in [3.63, 3.8) is 0 Å². The van der Waals surface area contributed by atoms with E-state index in [0.29, 0.717) is 11.4 Å². The quantitative estimate of drug-likeness (QED) is 0.810. The zero-order valence-corrected chi connectivity index (χ0v) is 9.88. The average molecular weight is 246 g/mol. The lowest BCUT2D eigenvalue weighted by molar-refractivity contribution is -0.137. The van der Waals surface area contributed by atoms with E-state index in [9.17, 15) is 4.79 Å². The molecule has 0 fully saturated rings. The topological polar surface area (TPSA) is 50.2 Å². The van der Waals surface area contributed by atoms with Gasteiger partial charge in [-0.3, -0.25) is 4.79 Å². The van der Waals surface area contributed by atoms with Gasteiger partial charge >= 0.3 is 5.97 Å². The number of rotatable bonds is 5. The molecule has 0 spiro atoms. The third-order valence-corrected chi connectivity index (χ3v) is 3.41. The maximum absolute atomic E-state index is 10.4. The second-order valence-electron chi connectivity index (χ2n) is 3.15. The number of hydrogen-bond acceptors (Lipinski definition) is 3. The number of carboxylic acids is 1. The molecule has 1 unspecified atom stereocenters. The number of aliphatic carboxylic acids is 1. The van der Waals surface area contributed by atoms with Crippen LogP contribution in [0.5, 0.6) is 0 Å². The SMILES string of the molecule is CC(CCC(=O)O)Sc1ncccc1Cl. The van der Waals surface area contributed by atoms with E-state index in [1.165, 1.54) is 11.8 Å². The summed E-state index contributed by atoms with van der Waals surface area (Å²) in [4.78, 5) is 14.5. The first-order chi connectivity index (χ1) is 7.09. The second kappa shape index (κ2) is 5.98. The number of thioether (sulfide) groups is 1. The molecule has 1 rings (SSSR count). The average Bonchev–Trinajstić information content (AvgIpc) is 2.18. The first kappa shape index (κ1) is 12.3. The minimum absolute atomic E-state index is 0.179. The highest BCUT2D eigenvalue weighted by atomic mass is 35.5. The van der Waals surface area contributed by atoms with Crippen LogP contribution in [-0.2, 0) is 4.79 Å². The van der Waals surface area contributed by atoms with E-state index in [1.54, 1.807) is 18.3 Å². The molecule has 1 heterocycles. The molecule has 1 aromatic heterocycles. The van der Waals surface area contributed by atoms with Crippen molar-refractivity contribution in [2.24, 2.45) is 0 Å². The molecule has 3 nitrogen and oxygen atoms in total. The highest BCUT2D eigenvalue weighted by Gasteiger charge is 2.10. The van der Waals surface area contributed by atoms with Crippen LogP contribution in [0.3, 0.4) is 0 Å². The molecule has 0 amide bonds. The summed E-state index contributed by atoms with van der Waals surface area (Å²) in [6.45, 7) is 1.97. The maximum Gasteiger partial charge on any atom is 0.303 e. The number of nitrogens with zero attached hydrogens (tertiary/aromatic N) is 1. The third-order valence-electron chi connectivity index (χ3n) is 1.80. The summed E-state index contributed by atoms with van der Waals surface area (Å²) >= 11 is 7.44. The van der Waals surface area contributed by atoms with E-state index >= 15 is 0 Å². The fourth-order valence-electron chi connectivity index (χ4n) is 1.03. The fraction of sp³-hybridized carbons (Fsp3) is 0.400. The van der Waals surface area contributed by atoms with Gasteiger partial charge < -0.3 is 5.11 Å². The van der Waals surface area contributed by atoms with Crippen molar-refractivity contribution in [1.82, 2.24) is 4.98 Å². The van der Waals surface area contributed by atoms with Gasteiger partial charge in [0.15, 0.2) is 0 Å². The van der Waals surface area contributed by atoms with Crippen molar-refractivity contribution in [2.75, 3.05) is 0 Å². The van der Waals surface area contributed by atoms with E-state index < -0.39 is 5.97 Å². The molecule has 0 aliphatic heterocycles. The summed E-state index contributed by atoms with van der Waals surface area (Å²) in [6, 6.07) is 3.55. The smallest absolute Gasteiger partial charge is 0.303 e. The monoisotopic (exact) mass is 245 g/mol. The molecule has 15 heavy (non-hydrogen) atoms. The summed E-state index contributed by atoms with van der Waals surface area (Å²) in [5, 5.41) is 10.1. The van der Waals surface area contributed by atoms with Crippen molar-refractivity contribution in [3.05, 3.63) is 23.4 Å². The fourth-order valence-corrected chi connectivity index (χ4v) is 2.21. The summed E-state index contributed by atoms with van der Waals surface area (Å²) in [7, 11) is 0. The maximum atomic E-state index is 10.4. The van der Waals surface area contributed by atoms with Gasteiger partial charge in [0.2, 0.25) is 0 Å². The van der Waals surface area contributed by atoms with Crippen LogP contribution < -0.4 is 0 Å². The first-order valence-electron chi connectivity index (χ1n) is 4.58. The van der Waals surface area contributed by atoms with Crippen molar-refractivity contribution < 1.29 is 9.90 Å². The van der Waals surface area contributed by atoms with Gasteiger partial charge in [0, 0.05) is 17.9 Å². The summed E-state index contributed by atoms with van der Waals surface area (Å²) in [5.74, 6) is -0.769. The summed E-state index contributed by atoms with van der Waals surface area (Å²) < 4.78 is 0. The number of pyridine rings is 1. The molecular formula is C10H12ClNO2S. The predicted octanol–water partition coefficient (Wildman–Crippen LogP) is 3.08. The molecule has 0 aliphatic rings. The molecule has 0 saturated heterocycles. The highest BCUT2D eigenvalue weighted by Crippen LogP contribution is 2.29. The minimum atomic E-state index is -0.769. The molecule has 0 aliphatic carbocycles. The number of carbonyl (C=O) groups is 1. The molecule has 82 valence electrons. The number of hydrogen-bond donors (Lipinski definition) is 1. The van der Waals surface area contributed by atoms with Gasteiger partial charge in [0.25, 0.3) is 0 Å². The van der Waals surface area contributed by atoms with E-state index in [2.05, 4.69) is 4.98 Å². The highest BCUT2D eigenvalue weighted by molar-refractivity contribution is 7.99. The molecule has 5 heteroatoms. The third kappa shape index (κ3) is 4.53. The molecular weight excluding hydrogens is 234 g/mol. The standard InChI is InChI=1S/C10H12ClNO2S/c1-7(4-5-9(13)14)15-10-8(11)3-2-6-12-10/h2-3,6-7H,4-5H2,1H3,(H,13,14). The van der Waals surface area contributed by atoms with Gasteiger partial charge in [-0.05, 0) is 18.6 Å². The Hall–Kier alpha value is -0.740. The summed E-state index contributed by atoms with van der Waals surface area (Å²) in [5.41, 5.74) is 0. The molecule has 0 saturated carbocycles. The summed E-state index contributed by atoms with van der Waals surface area (Å²) in [6.07, 6.45) is 2.48. The Balaban J connectivity index is 2.47. The molecule has 0 bridgehead atoms. The number of carboxylic acid groups (broad SMARTS) is 1. The van der Waals surface area contributed by atoms with Crippen molar-refractivity contribution in [2.45, 2.75) is 30.0 Å². The Bertz CT molecular complexity index is 346. The first-order valence-corrected chi connectivity index (χ1v) is 5.84. The van der Waals surface area contributed by atoms with Crippen LogP contribution in [0, 0.1) is 0 Å². The van der Waals surface area contributed by atoms with E-state index in [4.69, 9.17) is 16.7 Å². The van der Waals surface area contributed by atoms with Crippen LogP contribution in [0.2, 0.25) is 5.02 Å². The molecule has 1 N–H and O–H groups in total. The Morgan fingerprint density at radius 3 is 3.07 bits per heavy atom. The van der Waals surface area contributed by atoms with Crippen LogP contribution >= 0.6 is 23.4 Å². The second-order valence-corrected chi connectivity index (χ2v) is 4.99. The van der Waals surface area contributed by atoms with Gasteiger partial charge in [-0.2, -0.15) is 0 Å². The zero-order valence-electron chi connectivity index (χ0n) is 8.31. The van der Waals surface area contributed by atoms with E-state index in [1.807, 2.05) is 6.92 Å². The van der Waals surface area contributed by atoms with Crippen molar-refractivity contribution >= 4 is 29.3 Å². The van der Waals surface area contributed by atoms with Gasteiger partial charge in [0.1, 0.15) is 5.03 Å². The van der Waals surface area contributed by atoms with Crippen LogP contribution in [0.25, 0.3) is 0 Å². The lowest BCUT2D eigenvalue weighted by Gasteiger charge is -2.09. The van der Waals surface area contributed by atoms with Crippen molar-refractivity contribution in [1.29, 1.82) is 0 Å². The number of aromatic nitrogens is 1. The van der Waals surface area contributed by atoms with Crippen LogP contribution in [-0.4, -0.2) is 21.3 Å². The zero-order chi connectivity index (χ0) is 11.3. The predicted molar refractivity (Wildman–Crippen MR) is 61.4 cm³/mol. The lowest BCUT2D eigenvalue weighted by atomic mass is 10.2. The van der Waals surface area contributed by atoms with Gasteiger partial charge in [-0.15, -0.1) is 11.8 Å². The van der Waals surface area contributed by atoms with E-state index in [0.717, 1.165) is 5.03 Å². The minimum Gasteiger partial charge on any atom is -0.481 e. The normalized spacial score (nSPS) is 12.4. The Morgan fingerprint density at radius 2 is 2.47 bits per heavy atom. The molecule has 1 atom stereocenters. The molecule has 0 aromatic carbocycles. The number of halogens is 1. The van der Waals surface area contributed by atoms with Crippen LogP contribution in [0.4, 0.5) is 0 Å². The molecule has 0 radical (unpaired) electrons. The lowest BCUT2D eigenvalue weighted by Crippen LogP contribution is -2.02. The van der Waals surface area contributed by atoms with E-state index in [-0.39, 0.29) is 11.7 Å². The Kier molecular flexibility index (Phi) is 4.91. The van der Waals surface area contributed by atoms with Gasteiger partial charge in [-0.1, -0.05) is 18.5 Å². The van der Waals surface area contributed by atoms with Gasteiger partial charge in [0.05, 0.1) is 5.02 Å². The Morgan fingerprint density at radius 1 is 1.73 bits per heavy atom. The van der Waals surface area contributed by atoms with Crippen LogP contribution in [0.1, 0.15) is 19.8 Å². The Labute approximate surface area is 97.9 Å². The molecule has 1 aromatic rings. The van der Waals surface area contributed by atoms with Gasteiger partial charge in [-0.25, -0.2) is 4.98 Å².